The first-order valence-corrected chi connectivity index (χ1v) is 12.5. The number of nitrogens with one attached hydrogen (secondary N) is 1. The van der Waals surface area contributed by atoms with Crippen molar-refractivity contribution in [2.24, 2.45) is 0 Å². The third-order valence-electron chi connectivity index (χ3n) is 4.83. The molecule has 0 aliphatic carbocycles. The van der Waals surface area contributed by atoms with Gasteiger partial charge in [0.2, 0.25) is 26.0 Å². The summed E-state index contributed by atoms with van der Waals surface area (Å²) in [6.07, 6.45) is 2.76. The summed E-state index contributed by atoms with van der Waals surface area (Å²) in [4.78, 5) is 13.6. The highest BCUT2D eigenvalue weighted by molar-refractivity contribution is 7.89. The zero-order valence-corrected chi connectivity index (χ0v) is 18.1. The fourth-order valence-electron chi connectivity index (χ4n) is 3.16. The van der Waals surface area contributed by atoms with Crippen LogP contribution >= 0.6 is 0 Å². The summed E-state index contributed by atoms with van der Waals surface area (Å²) in [5.74, 6) is -0.115. The molecule has 2 rings (SSSR count). The summed E-state index contributed by atoms with van der Waals surface area (Å²) >= 11 is 0. The second-order valence-electron chi connectivity index (χ2n) is 6.65. The predicted molar refractivity (Wildman–Crippen MR) is 107 cm³/mol. The number of benzene rings is 1. The van der Waals surface area contributed by atoms with E-state index in [1.165, 1.54) is 28.6 Å². The maximum atomic E-state index is 12.6. The van der Waals surface area contributed by atoms with Gasteiger partial charge in [-0.2, -0.15) is 4.31 Å². The Labute approximate surface area is 168 Å². The molecule has 1 N–H and O–H groups in total. The van der Waals surface area contributed by atoms with Crippen molar-refractivity contribution >= 4 is 26.0 Å². The van der Waals surface area contributed by atoms with Crippen molar-refractivity contribution in [3.63, 3.8) is 0 Å². The van der Waals surface area contributed by atoms with E-state index in [-0.39, 0.29) is 28.7 Å². The normalized spacial score (nSPS) is 16.1. The second-order valence-corrected chi connectivity index (χ2v) is 10.4. The number of hydrogen-bond donors (Lipinski definition) is 1. The highest BCUT2D eigenvalue weighted by atomic mass is 32.2. The van der Waals surface area contributed by atoms with Crippen molar-refractivity contribution in [2.45, 2.75) is 49.3 Å². The van der Waals surface area contributed by atoms with E-state index in [0.717, 1.165) is 19.3 Å². The van der Waals surface area contributed by atoms with Crippen LogP contribution in [0.2, 0.25) is 0 Å². The van der Waals surface area contributed by atoms with Crippen LogP contribution in [0, 0.1) is 0 Å². The van der Waals surface area contributed by atoms with Gasteiger partial charge in [0, 0.05) is 39.1 Å². The Morgan fingerprint density at radius 2 is 1.50 bits per heavy atom. The Morgan fingerprint density at radius 3 is 2.04 bits per heavy atom. The van der Waals surface area contributed by atoms with E-state index >= 15 is 0 Å². The molecule has 0 aromatic heterocycles. The predicted octanol–water partition coefficient (Wildman–Crippen LogP) is 1.40. The molecule has 1 aromatic carbocycles. The molecule has 0 atom stereocenters. The molecule has 28 heavy (non-hydrogen) atoms. The van der Waals surface area contributed by atoms with Crippen molar-refractivity contribution in [3.05, 3.63) is 24.3 Å². The lowest BCUT2D eigenvalue weighted by Crippen LogP contribution is -2.35. The van der Waals surface area contributed by atoms with Crippen LogP contribution < -0.4 is 4.72 Å². The third kappa shape index (κ3) is 5.53. The monoisotopic (exact) mass is 431 g/mol. The zero-order chi connectivity index (χ0) is 20.8. The van der Waals surface area contributed by atoms with Gasteiger partial charge in [-0.05, 0) is 51.0 Å². The van der Waals surface area contributed by atoms with E-state index in [1.807, 2.05) is 13.8 Å². The van der Waals surface area contributed by atoms with Crippen molar-refractivity contribution in [1.82, 2.24) is 13.9 Å². The van der Waals surface area contributed by atoms with Crippen LogP contribution in [0.1, 0.15) is 39.5 Å². The number of carbonyl (C=O) groups is 1. The highest BCUT2D eigenvalue weighted by Gasteiger charge is 2.26. The lowest BCUT2D eigenvalue weighted by molar-refractivity contribution is -0.130. The van der Waals surface area contributed by atoms with E-state index in [1.54, 1.807) is 4.90 Å². The molecule has 10 heteroatoms. The largest absolute Gasteiger partial charge is 0.343 e. The van der Waals surface area contributed by atoms with Crippen LogP contribution in [0.3, 0.4) is 0 Å². The number of hydrogen-bond acceptors (Lipinski definition) is 5. The molecule has 0 spiro atoms. The molecule has 1 aromatic rings. The topological polar surface area (TPSA) is 104 Å². The van der Waals surface area contributed by atoms with Gasteiger partial charge >= 0.3 is 0 Å². The van der Waals surface area contributed by atoms with Crippen LogP contribution in [0.15, 0.2) is 34.1 Å². The first-order valence-electron chi connectivity index (χ1n) is 9.60. The minimum atomic E-state index is -3.81. The van der Waals surface area contributed by atoms with E-state index < -0.39 is 20.0 Å². The van der Waals surface area contributed by atoms with Crippen molar-refractivity contribution in [2.75, 3.05) is 32.7 Å². The van der Waals surface area contributed by atoms with Crippen molar-refractivity contribution in [1.29, 1.82) is 0 Å². The van der Waals surface area contributed by atoms with Crippen LogP contribution in [-0.2, 0) is 24.8 Å². The maximum absolute atomic E-state index is 12.6. The van der Waals surface area contributed by atoms with Gasteiger partial charge in [-0.15, -0.1) is 0 Å². The van der Waals surface area contributed by atoms with E-state index in [9.17, 15) is 21.6 Å². The van der Waals surface area contributed by atoms with Gasteiger partial charge in [0.25, 0.3) is 0 Å². The molecule has 1 aliphatic rings. The quantitative estimate of drug-likeness (QED) is 0.636. The van der Waals surface area contributed by atoms with Gasteiger partial charge < -0.3 is 4.90 Å². The minimum Gasteiger partial charge on any atom is -0.343 e. The Hall–Kier alpha value is -1.49. The van der Waals surface area contributed by atoms with Gasteiger partial charge in [-0.25, -0.2) is 21.6 Å². The Morgan fingerprint density at radius 1 is 0.964 bits per heavy atom. The average Bonchev–Trinajstić information content (AvgIpc) is 2.69. The summed E-state index contributed by atoms with van der Waals surface area (Å²) < 4.78 is 53.9. The average molecular weight is 432 g/mol. The van der Waals surface area contributed by atoms with E-state index in [4.69, 9.17) is 0 Å². The SMILES string of the molecule is CCN(CC)C(=O)CCNS(=O)(=O)c1ccc(S(=O)(=O)N2CCCCC2)cc1. The number of nitrogens with zero attached hydrogens (tertiary/aromatic N) is 2. The van der Waals surface area contributed by atoms with Crippen LogP contribution in [0.5, 0.6) is 0 Å². The number of piperidine rings is 1. The van der Waals surface area contributed by atoms with E-state index in [0.29, 0.717) is 26.2 Å². The van der Waals surface area contributed by atoms with Gasteiger partial charge in [0.1, 0.15) is 0 Å². The van der Waals surface area contributed by atoms with Crippen LogP contribution in [0.4, 0.5) is 0 Å². The van der Waals surface area contributed by atoms with Gasteiger partial charge in [0.15, 0.2) is 0 Å². The third-order valence-corrected chi connectivity index (χ3v) is 8.22. The number of rotatable bonds is 9. The molecule has 8 nitrogen and oxygen atoms in total. The van der Waals surface area contributed by atoms with E-state index in [2.05, 4.69) is 4.72 Å². The molecule has 0 radical (unpaired) electrons. The van der Waals surface area contributed by atoms with Crippen LogP contribution in [0.25, 0.3) is 0 Å². The summed E-state index contributed by atoms with van der Waals surface area (Å²) in [5, 5.41) is 0. The first-order chi connectivity index (χ1) is 13.2. The summed E-state index contributed by atoms with van der Waals surface area (Å²) in [6.45, 7) is 5.86. The van der Waals surface area contributed by atoms with Crippen LogP contribution in [-0.4, -0.2) is 64.7 Å². The summed E-state index contributed by atoms with van der Waals surface area (Å²) in [6, 6.07) is 5.20. The molecule has 1 aliphatic heterocycles. The number of sulfonamides is 2. The highest BCUT2D eigenvalue weighted by Crippen LogP contribution is 2.21. The minimum absolute atomic E-state index is 0.00844. The van der Waals surface area contributed by atoms with Gasteiger partial charge in [0.05, 0.1) is 9.79 Å². The van der Waals surface area contributed by atoms with Crippen molar-refractivity contribution in [3.8, 4) is 0 Å². The molecule has 0 unspecified atom stereocenters. The zero-order valence-electron chi connectivity index (χ0n) is 16.4. The Kier molecular flexibility index (Phi) is 7.99. The molecular weight excluding hydrogens is 402 g/mol. The molecule has 0 bridgehead atoms. The molecule has 1 heterocycles. The molecule has 158 valence electrons. The fourth-order valence-corrected chi connectivity index (χ4v) is 5.70. The lowest BCUT2D eigenvalue weighted by Gasteiger charge is -2.25. The second kappa shape index (κ2) is 9.82. The molecular formula is C18H29N3O5S2. The molecule has 1 fully saturated rings. The summed E-state index contributed by atoms with van der Waals surface area (Å²) in [5.41, 5.74) is 0. The standard InChI is InChI=1S/C18H29N3O5S2/c1-3-20(4-2)18(22)12-13-19-27(23,24)16-8-10-17(11-9-16)28(25,26)21-14-6-5-7-15-21/h8-11,19H,3-7,12-15H2,1-2H3. The Bertz CT molecular complexity index is 857. The first kappa shape index (κ1) is 22.8. The van der Waals surface area contributed by atoms with Crippen molar-refractivity contribution < 1.29 is 21.6 Å². The molecule has 0 saturated carbocycles. The lowest BCUT2D eigenvalue weighted by atomic mass is 10.2. The van der Waals surface area contributed by atoms with Gasteiger partial charge in [-0.3, -0.25) is 4.79 Å². The Balaban J connectivity index is 2.02. The fraction of sp³-hybridized carbons (Fsp3) is 0.611. The maximum Gasteiger partial charge on any atom is 0.243 e. The number of amides is 1. The summed E-state index contributed by atoms with van der Waals surface area (Å²) in [7, 11) is -7.41. The molecule has 1 amide bonds. The van der Waals surface area contributed by atoms with Gasteiger partial charge in [-0.1, -0.05) is 6.42 Å². The number of carbonyl (C=O) groups excluding carboxylic acids is 1. The smallest absolute Gasteiger partial charge is 0.243 e. The molecule has 1 saturated heterocycles.